The molecule has 1 N–H and O–H groups in total. The van der Waals surface area contributed by atoms with Crippen molar-refractivity contribution in [1.29, 1.82) is 0 Å². The summed E-state index contributed by atoms with van der Waals surface area (Å²) >= 11 is 5.90. The van der Waals surface area contributed by atoms with Crippen LogP contribution < -0.4 is 5.32 Å². The topological polar surface area (TPSA) is 72.5 Å². The molecule has 0 heterocycles. The monoisotopic (exact) mass is 387 g/mol. The minimum atomic E-state index is -0.490. The number of amides is 1. The minimum absolute atomic E-state index is 0.00557. The van der Waals surface area contributed by atoms with Gasteiger partial charge in [-0.25, -0.2) is 0 Å². The highest BCUT2D eigenvalue weighted by Crippen LogP contribution is 2.27. The number of benzene rings is 2. The number of ketones is 1. The molecule has 0 aliphatic rings. The van der Waals surface area contributed by atoms with E-state index < -0.39 is 24.4 Å². The van der Waals surface area contributed by atoms with Gasteiger partial charge in [0, 0.05) is 16.3 Å². The third kappa shape index (κ3) is 5.93. The van der Waals surface area contributed by atoms with Crippen molar-refractivity contribution >= 4 is 34.9 Å². The molecule has 2 aromatic carbocycles. The second-order valence-electron chi connectivity index (χ2n) is 6.57. The van der Waals surface area contributed by atoms with Crippen molar-refractivity contribution in [2.45, 2.75) is 26.7 Å². The molecule has 0 saturated carbocycles. The van der Waals surface area contributed by atoms with E-state index in [0.29, 0.717) is 16.3 Å². The van der Waals surface area contributed by atoms with E-state index in [2.05, 4.69) is 5.32 Å². The lowest BCUT2D eigenvalue weighted by Gasteiger charge is -2.20. The predicted molar refractivity (Wildman–Crippen MR) is 105 cm³/mol. The molecule has 0 radical (unpaired) electrons. The average molecular weight is 388 g/mol. The molecule has 6 heteroatoms. The first-order valence-corrected chi connectivity index (χ1v) is 8.98. The fourth-order valence-electron chi connectivity index (χ4n) is 2.70. The van der Waals surface area contributed by atoms with Crippen LogP contribution in [0.1, 0.15) is 42.6 Å². The largest absolute Gasteiger partial charge is 0.455 e. The number of ether oxygens (including phenoxy) is 1. The van der Waals surface area contributed by atoms with Crippen LogP contribution in [0.25, 0.3) is 0 Å². The van der Waals surface area contributed by atoms with E-state index in [1.165, 1.54) is 6.92 Å². The molecule has 0 unspecified atom stereocenters. The quantitative estimate of drug-likeness (QED) is 0.562. The summed E-state index contributed by atoms with van der Waals surface area (Å²) in [7, 11) is 0. The fraction of sp³-hybridized carbons (Fsp3) is 0.286. The van der Waals surface area contributed by atoms with Gasteiger partial charge >= 0.3 is 5.97 Å². The number of nitrogens with one attached hydrogen (secondary N) is 1. The molecular formula is C21H22ClNO4. The summed E-state index contributed by atoms with van der Waals surface area (Å²) in [5.41, 5.74) is 1.75. The zero-order valence-electron chi connectivity index (χ0n) is 15.5. The molecule has 0 bridgehead atoms. The number of Topliss-reactive ketones (excluding diaryl/α,β-unsaturated/α-hetero) is 1. The number of carbonyl (C=O) groups is 3. The number of esters is 1. The normalized spacial score (nSPS) is 11.7. The molecule has 2 aromatic rings. The number of halogens is 1. The summed E-state index contributed by atoms with van der Waals surface area (Å²) in [4.78, 5) is 36.0. The smallest absolute Gasteiger partial charge is 0.314 e. The molecule has 1 amide bonds. The maximum atomic E-state index is 12.5. The Bertz CT molecular complexity index is 830. The van der Waals surface area contributed by atoms with Gasteiger partial charge in [-0.2, -0.15) is 0 Å². The predicted octanol–water partition coefficient (Wildman–Crippen LogP) is 4.46. The first-order chi connectivity index (χ1) is 12.8. The van der Waals surface area contributed by atoms with Crippen LogP contribution in [0, 0.1) is 5.92 Å². The van der Waals surface area contributed by atoms with Gasteiger partial charge in [-0.05, 0) is 42.7 Å². The van der Waals surface area contributed by atoms with E-state index in [1.54, 1.807) is 48.5 Å². The van der Waals surface area contributed by atoms with E-state index in [1.807, 2.05) is 13.8 Å². The van der Waals surface area contributed by atoms with Crippen molar-refractivity contribution in [3.8, 4) is 0 Å². The second kappa shape index (κ2) is 9.33. The number of hydrogen-bond donors (Lipinski definition) is 1. The van der Waals surface area contributed by atoms with Crippen LogP contribution >= 0.6 is 11.6 Å². The summed E-state index contributed by atoms with van der Waals surface area (Å²) in [6.45, 7) is 4.87. The lowest BCUT2D eigenvalue weighted by Crippen LogP contribution is -2.26. The lowest BCUT2D eigenvalue weighted by atomic mass is 9.88. The standard InChI is InChI=1S/C21H22ClNO4/c1-13(2)20(15-7-9-17(22)10-8-15)21(26)27-12-19(25)23-18-6-4-5-16(11-18)14(3)24/h4-11,13,20H,12H2,1-3H3,(H,23,25)/t20-/m1/s1. The highest BCUT2D eigenvalue weighted by Gasteiger charge is 2.26. The van der Waals surface area contributed by atoms with Crippen LogP contribution in [0.2, 0.25) is 5.02 Å². The molecule has 1 atom stereocenters. The Morgan fingerprint density at radius 1 is 1.07 bits per heavy atom. The molecule has 0 fully saturated rings. The van der Waals surface area contributed by atoms with Crippen molar-refractivity contribution in [1.82, 2.24) is 0 Å². The van der Waals surface area contributed by atoms with Crippen molar-refractivity contribution in [3.05, 3.63) is 64.7 Å². The van der Waals surface area contributed by atoms with E-state index >= 15 is 0 Å². The minimum Gasteiger partial charge on any atom is -0.455 e. The zero-order valence-corrected chi connectivity index (χ0v) is 16.2. The number of carbonyl (C=O) groups excluding carboxylic acids is 3. The fourth-order valence-corrected chi connectivity index (χ4v) is 2.83. The maximum Gasteiger partial charge on any atom is 0.314 e. The first kappa shape index (κ1) is 20.6. The molecular weight excluding hydrogens is 366 g/mol. The van der Waals surface area contributed by atoms with Gasteiger partial charge < -0.3 is 10.1 Å². The molecule has 0 aliphatic heterocycles. The summed E-state index contributed by atoms with van der Waals surface area (Å²) in [6.07, 6.45) is 0. The van der Waals surface area contributed by atoms with Crippen LogP contribution in [0.5, 0.6) is 0 Å². The molecule has 0 saturated heterocycles. The number of anilines is 1. The molecule has 142 valence electrons. The van der Waals surface area contributed by atoms with Gasteiger partial charge in [0.25, 0.3) is 5.91 Å². The van der Waals surface area contributed by atoms with E-state index in [4.69, 9.17) is 16.3 Å². The zero-order chi connectivity index (χ0) is 20.0. The first-order valence-electron chi connectivity index (χ1n) is 8.61. The van der Waals surface area contributed by atoms with Crippen molar-refractivity contribution in [2.75, 3.05) is 11.9 Å². The van der Waals surface area contributed by atoms with Crippen LogP contribution in [-0.4, -0.2) is 24.3 Å². The summed E-state index contributed by atoms with van der Waals surface area (Å²) < 4.78 is 5.21. The van der Waals surface area contributed by atoms with Crippen LogP contribution in [-0.2, 0) is 14.3 Å². The highest BCUT2D eigenvalue weighted by molar-refractivity contribution is 6.30. The Labute approximate surface area is 163 Å². The number of rotatable bonds is 7. The van der Waals surface area contributed by atoms with E-state index in [0.717, 1.165) is 5.56 Å². The van der Waals surface area contributed by atoms with Gasteiger partial charge in [0.15, 0.2) is 12.4 Å². The van der Waals surface area contributed by atoms with Crippen molar-refractivity contribution in [2.24, 2.45) is 5.92 Å². The van der Waals surface area contributed by atoms with Gasteiger partial charge in [0.05, 0.1) is 5.92 Å². The van der Waals surface area contributed by atoms with Crippen molar-refractivity contribution in [3.63, 3.8) is 0 Å². The van der Waals surface area contributed by atoms with Gasteiger partial charge in [-0.1, -0.05) is 49.7 Å². The third-order valence-corrected chi connectivity index (χ3v) is 4.30. The molecule has 0 spiro atoms. The van der Waals surface area contributed by atoms with Crippen LogP contribution in [0.3, 0.4) is 0 Å². The Morgan fingerprint density at radius 3 is 2.33 bits per heavy atom. The molecule has 2 rings (SSSR count). The summed E-state index contributed by atoms with van der Waals surface area (Å²) in [6, 6.07) is 13.6. The van der Waals surface area contributed by atoms with Gasteiger partial charge in [0.1, 0.15) is 0 Å². The third-order valence-electron chi connectivity index (χ3n) is 4.05. The Balaban J connectivity index is 1.98. The van der Waals surface area contributed by atoms with Gasteiger partial charge in [-0.15, -0.1) is 0 Å². The number of hydrogen-bond acceptors (Lipinski definition) is 4. The van der Waals surface area contributed by atoms with Crippen molar-refractivity contribution < 1.29 is 19.1 Å². The van der Waals surface area contributed by atoms with Crippen LogP contribution in [0.4, 0.5) is 5.69 Å². The Morgan fingerprint density at radius 2 is 1.74 bits per heavy atom. The molecule has 0 aliphatic carbocycles. The highest BCUT2D eigenvalue weighted by atomic mass is 35.5. The summed E-state index contributed by atoms with van der Waals surface area (Å²) in [5.74, 6) is -1.53. The SMILES string of the molecule is CC(=O)c1cccc(NC(=O)COC(=O)[C@@H](c2ccc(Cl)cc2)C(C)C)c1. The van der Waals surface area contributed by atoms with Gasteiger partial charge in [0.2, 0.25) is 0 Å². The Kier molecular flexibility index (Phi) is 7.13. The molecule has 27 heavy (non-hydrogen) atoms. The molecule has 5 nitrogen and oxygen atoms in total. The summed E-state index contributed by atoms with van der Waals surface area (Å²) in [5, 5.41) is 3.21. The lowest BCUT2D eigenvalue weighted by molar-refractivity contribution is -0.149. The van der Waals surface area contributed by atoms with Crippen LogP contribution in [0.15, 0.2) is 48.5 Å². The van der Waals surface area contributed by atoms with E-state index in [9.17, 15) is 14.4 Å². The maximum absolute atomic E-state index is 12.5. The Hall–Kier alpha value is -2.66. The second-order valence-corrected chi connectivity index (χ2v) is 7.00. The average Bonchev–Trinajstić information content (AvgIpc) is 2.62. The molecule has 0 aromatic heterocycles. The van der Waals surface area contributed by atoms with Gasteiger partial charge in [-0.3, -0.25) is 14.4 Å². The van der Waals surface area contributed by atoms with E-state index in [-0.39, 0.29) is 11.7 Å².